The molecule has 0 spiro atoms. The van der Waals surface area contributed by atoms with E-state index in [9.17, 15) is 9.59 Å². The molecule has 1 atom stereocenters. The van der Waals surface area contributed by atoms with E-state index in [1.807, 2.05) is 92.7 Å². The molecule has 4 nitrogen and oxygen atoms in total. The Balaban J connectivity index is 1.81. The Kier molecular flexibility index (Phi) is 10.0. The van der Waals surface area contributed by atoms with Crippen LogP contribution in [0.3, 0.4) is 0 Å². The number of hydrogen-bond donors (Lipinski definition) is 1. The lowest BCUT2D eigenvalue weighted by molar-refractivity contribution is -0.139. The van der Waals surface area contributed by atoms with Gasteiger partial charge in [-0.3, -0.25) is 9.59 Å². The first kappa shape index (κ1) is 25.9. The molecule has 0 saturated heterocycles. The molecule has 3 aromatic rings. The van der Waals surface area contributed by atoms with Gasteiger partial charge in [0, 0.05) is 30.3 Å². The predicted octanol–water partition coefficient (Wildman–Crippen LogP) is 5.66. The van der Waals surface area contributed by atoms with E-state index >= 15 is 0 Å². The van der Waals surface area contributed by atoms with Crippen molar-refractivity contribution in [3.63, 3.8) is 0 Å². The van der Waals surface area contributed by atoms with Crippen molar-refractivity contribution < 1.29 is 9.59 Å². The third-order valence-electron chi connectivity index (χ3n) is 5.50. The Hall–Kier alpha value is -2.76. The number of likely N-dealkylation sites (N-methyl/N-ethyl adjacent to an activating group) is 1. The summed E-state index contributed by atoms with van der Waals surface area (Å²) < 4.78 is 0. The molecule has 3 aromatic carbocycles. The van der Waals surface area contributed by atoms with Crippen LogP contribution in [0.1, 0.15) is 29.2 Å². The summed E-state index contributed by atoms with van der Waals surface area (Å²) in [5, 5.41) is 3.63. The molecule has 0 bridgehead atoms. The van der Waals surface area contributed by atoms with Crippen LogP contribution in [0.25, 0.3) is 0 Å². The van der Waals surface area contributed by atoms with Gasteiger partial charge in [-0.15, -0.1) is 11.8 Å². The zero-order chi connectivity index (χ0) is 24.3. The highest BCUT2D eigenvalue weighted by atomic mass is 35.5. The second kappa shape index (κ2) is 13.2. The molecule has 0 aliphatic rings. The average Bonchev–Trinajstić information content (AvgIpc) is 2.84. The van der Waals surface area contributed by atoms with Crippen LogP contribution in [0, 0.1) is 6.92 Å². The van der Waals surface area contributed by atoms with Gasteiger partial charge in [0.1, 0.15) is 6.04 Å². The molecule has 1 N–H and O–H groups in total. The summed E-state index contributed by atoms with van der Waals surface area (Å²) >= 11 is 7.52. The summed E-state index contributed by atoms with van der Waals surface area (Å²) in [7, 11) is 0. The van der Waals surface area contributed by atoms with E-state index in [1.54, 1.807) is 16.7 Å². The number of carbonyl (C=O) groups excluding carboxylic acids is 2. The van der Waals surface area contributed by atoms with Crippen LogP contribution in [-0.4, -0.2) is 35.1 Å². The Bertz CT molecular complexity index is 1060. The molecule has 178 valence electrons. The van der Waals surface area contributed by atoms with Crippen molar-refractivity contribution >= 4 is 35.2 Å². The number of halogens is 1. The van der Waals surface area contributed by atoms with Gasteiger partial charge in [0.05, 0.1) is 5.75 Å². The summed E-state index contributed by atoms with van der Waals surface area (Å²) in [5.41, 5.74) is 4.29. The second-order valence-corrected chi connectivity index (χ2v) is 9.65. The van der Waals surface area contributed by atoms with Gasteiger partial charge in [0.25, 0.3) is 0 Å². The van der Waals surface area contributed by atoms with Gasteiger partial charge in [-0.25, -0.2) is 0 Å². The van der Waals surface area contributed by atoms with E-state index in [-0.39, 0.29) is 11.8 Å². The average molecular weight is 495 g/mol. The van der Waals surface area contributed by atoms with E-state index in [0.29, 0.717) is 36.0 Å². The topological polar surface area (TPSA) is 49.4 Å². The molecule has 34 heavy (non-hydrogen) atoms. The Labute approximate surface area is 211 Å². The van der Waals surface area contributed by atoms with Crippen LogP contribution in [0.4, 0.5) is 0 Å². The highest BCUT2D eigenvalue weighted by molar-refractivity contribution is 7.99. The summed E-state index contributed by atoms with van der Waals surface area (Å²) in [6.07, 6.45) is 0.464. The molecule has 0 aromatic heterocycles. The van der Waals surface area contributed by atoms with Crippen LogP contribution >= 0.6 is 23.4 Å². The number of benzene rings is 3. The van der Waals surface area contributed by atoms with Gasteiger partial charge in [-0.05, 0) is 42.7 Å². The molecule has 0 fully saturated rings. The highest BCUT2D eigenvalue weighted by Crippen LogP contribution is 2.19. The van der Waals surface area contributed by atoms with Gasteiger partial charge >= 0.3 is 0 Å². The summed E-state index contributed by atoms with van der Waals surface area (Å²) in [5.74, 6) is 0.812. The SMILES string of the molecule is CCNC(=O)C(Cc1ccccc1)N(Cc1ccc(C)cc1)C(=O)CSCc1ccc(Cl)cc1. The minimum absolute atomic E-state index is 0.0493. The summed E-state index contributed by atoms with van der Waals surface area (Å²) in [6.45, 7) is 4.83. The highest BCUT2D eigenvalue weighted by Gasteiger charge is 2.30. The molecule has 0 radical (unpaired) electrons. The third kappa shape index (κ3) is 7.93. The van der Waals surface area contributed by atoms with E-state index in [0.717, 1.165) is 22.3 Å². The zero-order valence-corrected chi connectivity index (χ0v) is 21.2. The van der Waals surface area contributed by atoms with Crippen LogP contribution in [0.15, 0.2) is 78.9 Å². The van der Waals surface area contributed by atoms with Crippen molar-refractivity contribution in [2.75, 3.05) is 12.3 Å². The fourth-order valence-corrected chi connectivity index (χ4v) is 4.65. The molecule has 6 heteroatoms. The number of thioether (sulfide) groups is 1. The van der Waals surface area contributed by atoms with Crippen LogP contribution in [-0.2, 0) is 28.3 Å². The molecular weight excluding hydrogens is 464 g/mol. The first-order chi connectivity index (χ1) is 16.5. The number of nitrogens with zero attached hydrogens (tertiary/aromatic N) is 1. The molecule has 1 unspecified atom stereocenters. The fraction of sp³-hybridized carbons (Fsp3) is 0.286. The van der Waals surface area contributed by atoms with Gasteiger partial charge in [-0.1, -0.05) is 83.9 Å². The number of nitrogens with one attached hydrogen (secondary N) is 1. The number of amides is 2. The van der Waals surface area contributed by atoms with Crippen molar-refractivity contribution in [1.82, 2.24) is 10.2 Å². The lowest BCUT2D eigenvalue weighted by atomic mass is 10.0. The largest absolute Gasteiger partial charge is 0.355 e. The van der Waals surface area contributed by atoms with Gasteiger partial charge in [0.2, 0.25) is 11.8 Å². The Morgan fingerprint density at radius 3 is 2.21 bits per heavy atom. The quantitative estimate of drug-likeness (QED) is 0.374. The van der Waals surface area contributed by atoms with Gasteiger partial charge < -0.3 is 10.2 Å². The standard InChI is InChI=1S/C28H31ClN2O2S/c1-3-30-28(33)26(17-22-7-5-4-6-8-22)31(18-23-11-9-21(2)10-12-23)27(32)20-34-19-24-13-15-25(29)16-14-24/h4-16,26H,3,17-20H2,1-2H3,(H,30,33). The number of carbonyl (C=O) groups is 2. The maximum absolute atomic E-state index is 13.5. The van der Waals surface area contributed by atoms with Gasteiger partial charge in [0.15, 0.2) is 0 Å². The molecule has 0 aliphatic heterocycles. The van der Waals surface area contributed by atoms with E-state index in [1.165, 1.54) is 0 Å². The smallest absolute Gasteiger partial charge is 0.243 e. The van der Waals surface area contributed by atoms with Crippen molar-refractivity contribution in [2.45, 2.75) is 38.6 Å². The maximum Gasteiger partial charge on any atom is 0.243 e. The van der Waals surface area contributed by atoms with Crippen LogP contribution in [0.5, 0.6) is 0 Å². The minimum atomic E-state index is -0.590. The van der Waals surface area contributed by atoms with E-state index < -0.39 is 6.04 Å². The molecule has 0 saturated carbocycles. The van der Waals surface area contributed by atoms with E-state index in [2.05, 4.69) is 5.32 Å². The fourth-order valence-electron chi connectivity index (χ4n) is 3.66. The maximum atomic E-state index is 13.5. The van der Waals surface area contributed by atoms with Gasteiger partial charge in [-0.2, -0.15) is 0 Å². The molecule has 0 aliphatic carbocycles. The van der Waals surface area contributed by atoms with Crippen molar-refractivity contribution in [1.29, 1.82) is 0 Å². The van der Waals surface area contributed by atoms with Crippen molar-refractivity contribution in [3.05, 3.63) is 106 Å². The lowest BCUT2D eigenvalue weighted by Crippen LogP contribution is -2.51. The third-order valence-corrected chi connectivity index (χ3v) is 6.74. The lowest BCUT2D eigenvalue weighted by Gasteiger charge is -2.31. The second-order valence-electron chi connectivity index (χ2n) is 8.23. The predicted molar refractivity (Wildman–Crippen MR) is 142 cm³/mol. The summed E-state index contributed by atoms with van der Waals surface area (Å²) in [6, 6.07) is 25.0. The Morgan fingerprint density at radius 1 is 0.912 bits per heavy atom. The van der Waals surface area contributed by atoms with E-state index in [4.69, 9.17) is 11.6 Å². The molecule has 3 rings (SSSR count). The van der Waals surface area contributed by atoms with Crippen molar-refractivity contribution in [2.24, 2.45) is 0 Å². The van der Waals surface area contributed by atoms with Crippen LogP contribution in [0.2, 0.25) is 5.02 Å². The van der Waals surface area contributed by atoms with Crippen molar-refractivity contribution in [3.8, 4) is 0 Å². The zero-order valence-electron chi connectivity index (χ0n) is 19.7. The number of rotatable bonds is 11. The monoisotopic (exact) mass is 494 g/mol. The summed E-state index contributed by atoms with van der Waals surface area (Å²) in [4.78, 5) is 28.4. The normalized spacial score (nSPS) is 11.6. The number of aryl methyl sites for hydroxylation is 1. The number of hydrogen-bond acceptors (Lipinski definition) is 3. The minimum Gasteiger partial charge on any atom is -0.355 e. The first-order valence-corrected chi connectivity index (χ1v) is 13.0. The first-order valence-electron chi connectivity index (χ1n) is 11.4. The Morgan fingerprint density at radius 2 is 1.56 bits per heavy atom. The molecule has 2 amide bonds. The molecule has 0 heterocycles. The molecular formula is C28H31ClN2O2S. The van der Waals surface area contributed by atoms with Crippen LogP contribution < -0.4 is 5.32 Å².